The Hall–Kier alpha value is -5.23. The van der Waals surface area contributed by atoms with Gasteiger partial charge in [0.2, 0.25) is 0 Å². The maximum Gasteiger partial charge on any atom is 0.251 e. The molecule has 47 heavy (non-hydrogen) atoms. The van der Waals surface area contributed by atoms with Crippen LogP contribution in [0, 0.1) is 0 Å². The van der Waals surface area contributed by atoms with Gasteiger partial charge in [0.15, 0.2) is 0 Å². The molecule has 9 aromatic rings. The molecule has 2 aliphatic heterocycles. The molecule has 0 amide bonds. The molecule has 11 rings (SSSR count). The number of nitrogens with zero attached hydrogens (tertiary/aromatic N) is 2. The van der Waals surface area contributed by atoms with Gasteiger partial charge < -0.3 is 9.47 Å². The van der Waals surface area contributed by atoms with Crippen molar-refractivity contribution in [2.75, 3.05) is 4.90 Å². The summed E-state index contributed by atoms with van der Waals surface area (Å²) in [6.45, 7) is 0.143. The standard InChI is InChI=1S/C42H25BN2S2/c1-3-13-26(14-4-1)44(27-15-5-2-6-16-27)28-23-35-39-38(24-28)46-37-22-12-9-19-33(37)43(39)40-41-31(29-17-7-10-20-34(29)45(35)41)25-32-30-18-8-11-21-36(30)47-42(32)40/h1-25H. The maximum absolute atomic E-state index is 2.59. The van der Waals surface area contributed by atoms with Crippen LogP contribution in [0.25, 0.3) is 47.7 Å². The van der Waals surface area contributed by atoms with Gasteiger partial charge in [-0.2, -0.15) is 0 Å². The van der Waals surface area contributed by atoms with Crippen molar-refractivity contribution in [2.45, 2.75) is 9.79 Å². The lowest BCUT2D eigenvalue weighted by atomic mass is 9.35. The number of anilines is 3. The lowest BCUT2D eigenvalue weighted by Crippen LogP contribution is -2.58. The minimum absolute atomic E-state index is 0.143. The van der Waals surface area contributed by atoms with Crippen LogP contribution in [0.5, 0.6) is 0 Å². The van der Waals surface area contributed by atoms with Crippen LogP contribution in [-0.4, -0.2) is 11.3 Å². The van der Waals surface area contributed by atoms with E-state index in [1.54, 1.807) is 0 Å². The van der Waals surface area contributed by atoms with Gasteiger partial charge in [-0.15, -0.1) is 11.3 Å². The number of benzene rings is 7. The first-order valence-corrected chi connectivity index (χ1v) is 17.7. The number of aromatic nitrogens is 1. The van der Waals surface area contributed by atoms with E-state index in [1.807, 2.05) is 23.1 Å². The van der Waals surface area contributed by atoms with E-state index in [-0.39, 0.29) is 6.71 Å². The largest absolute Gasteiger partial charge is 0.310 e. The number of hydrogen-bond donors (Lipinski definition) is 0. The van der Waals surface area contributed by atoms with Crippen LogP contribution in [0.3, 0.4) is 0 Å². The van der Waals surface area contributed by atoms with E-state index in [4.69, 9.17) is 0 Å². The SMILES string of the molecule is c1ccc(N(c2ccccc2)c2cc3c4c(c2)-n2c5ccccc5c5cc6c(sc7ccccc76)c(c52)B4c2ccccc2S3)cc1. The Bertz CT molecular complexity index is 2690. The minimum Gasteiger partial charge on any atom is -0.310 e. The Kier molecular flexibility index (Phi) is 5.32. The molecule has 218 valence electrons. The van der Waals surface area contributed by atoms with Gasteiger partial charge in [0.1, 0.15) is 0 Å². The highest BCUT2D eigenvalue weighted by atomic mass is 32.2. The summed E-state index contributed by atoms with van der Waals surface area (Å²) < 4.78 is 5.35. The van der Waals surface area contributed by atoms with Crippen LogP contribution >= 0.6 is 23.1 Å². The van der Waals surface area contributed by atoms with Crippen molar-refractivity contribution in [3.8, 4) is 5.69 Å². The number of hydrogen-bond acceptors (Lipinski definition) is 3. The van der Waals surface area contributed by atoms with E-state index in [1.165, 1.54) is 79.5 Å². The van der Waals surface area contributed by atoms with Crippen molar-refractivity contribution < 1.29 is 0 Å². The molecule has 0 fully saturated rings. The van der Waals surface area contributed by atoms with Crippen molar-refractivity contribution >= 4 is 105 Å². The van der Waals surface area contributed by atoms with Crippen LogP contribution in [-0.2, 0) is 0 Å². The first kappa shape index (κ1) is 25.9. The predicted octanol–water partition coefficient (Wildman–Crippen LogP) is 9.92. The highest BCUT2D eigenvalue weighted by molar-refractivity contribution is 8.00. The zero-order valence-electron chi connectivity index (χ0n) is 25.2. The Balaban J connectivity index is 1.32. The number of rotatable bonds is 3. The van der Waals surface area contributed by atoms with Gasteiger partial charge >= 0.3 is 0 Å². The van der Waals surface area contributed by atoms with E-state index in [0.29, 0.717) is 0 Å². The van der Waals surface area contributed by atoms with Crippen molar-refractivity contribution in [2.24, 2.45) is 0 Å². The number of fused-ring (bicyclic) bond motifs is 11. The summed E-state index contributed by atoms with van der Waals surface area (Å²) in [5.74, 6) is 0. The van der Waals surface area contributed by atoms with Gasteiger partial charge in [-0.25, -0.2) is 0 Å². The topological polar surface area (TPSA) is 8.17 Å². The quantitative estimate of drug-likeness (QED) is 0.179. The van der Waals surface area contributed by atoms with Crippen LogP contribution < -0.4 is 21.3 Å². The summed E-state index contributed by atoms with van der Waals surface area (Å²) >= 11 is 3.87. The van der Waals surface area contributed by atoms with Crippen molar-refractivity contribution in [3.05, 3.63) is 152 Å². The summed E-state index contributed by atoms with van der Waals surface area (Å²) in [4.78, 5) is 5.07. The van der Waals surface area contributed by atoms with Crippen molar-refractivity contribution in [1.29, 1.82) is 0 Å². The highest BCUT2D eigenvalue weighted by Gasteiger charge is 2.41. The molecule has 0 radical (unpaired) electrons. The molecular weight excluding hydrogens is 607 g/mol. The Morgan fingerprint density at radius 1 is 0.511 bits per heavy atom. The average Bonchev–Trinajstić information content (AvgIpc) is 3.67. The second kappa shape index (κ2) is 9.65. The van der Waals surface area contributed by atoms with Crippen molar-refractivity contribution in [1.82, 2.24) is 4.57 Å². The molecule has 2 nitrogen and oxygen atoms in total. The van der Waals surface area contributed by atoms with Crippen LogP contribution in [0.15, 0.2) is 161 Å². The van der Waals surface area contributed by atoms with E-state index in [2.05, 4.69) is 161 Å². The second-order valence-electron chi connectivity index (χ2n) is 12.5. The van der Waals surface area contributed by atoms with Gasteiger partial charge in [0, 0.05) is 63.5 Å². The van der Waals surface area contributed by atoms with Gasteiger partial charge in [0.05, 0.1) is 11.0 Å². The van der Waals surface area contributed by atoms with Gasteiger partial charge in [-0.1, -0.05) is 108 Å². The minimum atomic E-state index is 0.143. The lowest BCUT2D eigenvalue weighted by Gasteiger charge is -2.35. The zero-order chi connectivity index (χ0) is 30.6. The molecule has 4 heterocycles. The Morgan fingerprint density at radius 3 is 2.00 bits per heavy atom. The second-order valence-corrected chi connectivity index (χ2v) is 14.6. The summed E-state index contributed by atoms with van der Waals surface area (Å²) in [7, 11) is 0. The summed E-state index contributed by atoms with van der Waals surface area (Å²) in [5.41, 5.74) is 11.6. The average molecular weight is 633 g/mol. The maximum atomic E-state index is 2.59. The van der Waals surface area contributed by atoms with Crippen molar-refractivity contribution in [3.63, 3.8) is 0 Å². The first-order chi connectivity index (χ1) is 23.3. The first-order valence-electron chi connectivity index (χ1n) is 16.1. The van der Waals surface area contributed by atoms with E-state index in [9.17, 15) is 0 Å². The van der Waals surface area contributed by atoms with E-state index >= 15 is 0 Å². The summed E-state index contributed by atoms with van der Waals surface area (Å²) in [5, 5.41) is 5.36. The fourth-order valence-electron chi connectivity index (χ4n) is 8.13. The third-order valence-corrected chi connectivity index (χ3v) is 12.4. The molecule has 5 heteroatoms. The van der Waals surface area contributed by atoms with E-state index in [0.717, 1.165) is 11.4 Å². The highest BCUT2D eigenvalue weighted by Crippen LogP contribution is 2.46. The fraction of sp³-hybridized carbons (Fsp3) is 0. The summed E-state index contributed by atoms with van der Waals surface area (Å²) in [6, 6.07) is 55.9. The molecule has 0 unspecified atom stereocenters. The van der Waals surface area contributed by atoms with Gasteiger partial charge in [0.25, 0.3) is 6.71 Å². The van der Waals surface area contributed by atoms with Crippen LogP contribution in [0.4, 0.5) is 17.1 Å². The van der Waals surface area contributed by atoms with E-state index < -0.39 is 0 Å². The molecule has 0 N–H and O–H groups in total. The fourth-order valence-corrected chi connectivity index (χ4v) is 10.6. The zero-order valence-corrected chi connectivity index (χ0v) is 26.9. The smallest absolute Gasteiger partial charge is 0.251 e. The molecule has 2 aliphatic rings. The molecular formula is C42H25BN2S2. The monoisotopic (exact) mass is 632 g/mol. The Labute approximate surface area is 280 Å². The third kappa shape index (κ3) is 3.53. The molecule has 7 aromatic carbocycles. The third-order valence-electron chi connectivity index (χ3n) is 10.00. The summed E-state index contributed by atoms with van der Waals surface area (Å²) in [6.07, 6.45) is 0. The van der Waals surface area contributed by atoms with Gasteiger partial charge in [-0.05, 0) is 71.6 Å². The molecule has 0 atom stereocenters. The van der Waals surface area contributed by atoms with Crippen LogP contribution in [0.1, 0.15) is 0 Å². The lowest BCUT2D eigenvalue weighted by molar-refractivity contribution is 1.16. The van der Waals surface area contributed by atoms with Gasteiger partial charge in [-0.3, -0.25) is 0 Å². The number of para-hydroxylation sites is 3. The number of thiophene rings is 1. The molecule has 0 saturated carbocycles. The molecule has 0 saturated heterocycles. The predicted molar refractivity (Wildman–Crippen MR) is 204 cm³/mol. The molecule has 0 bridgehead atoms. The molecule has 0 aliphatic carbocycles. The normalized spacial score (nSPS) is 13.0. The molecule has 0 spiro atoms. The molecule has 2 aromatic heterocycles. The van der Waals surface area contributed by atoms with Crippen LogP contribution in [0.2, 0.25) is 0 Å². The Morgan fingerprint density at radius 2 is 1.19 bits per heavy atom.